The molecule has 0 radical (unpaired) electrons. The summed E-state index contributed by atoms with van der Waals surface area (Å²) in [7, 11) is 0. The van der Waals surface area contributed by atoms with E-state index in [1.165, 1.54) is 17.0 Å². The molecule has 34 heavy (non-hydrogen) atoms. The number of hydrogen-bond donors (Lipinski definition) is 1. The normalized spacial score (nSPS) is 22.1. The highest BCUT2D eigenvalue weighted by Gasteiger charge is 2.47. The van der Waals surface area contributed by atoms with Gasteiger partial charge in [0, 0.05) is 30.5 Å². The predicted octanol–water partition coefficient (Wildman–Crippen LogP) is 4.71. The average Bonchev–Trinajstić information content (AvgIpc) is 3.33. The molecule has 2 heterocycles. The summed E-state index contributed by atoms with van der Waals surface area (Å²) in [6.07, 6.45) is -4.74. The molecule has 8 nitrogen and oxygen atoms in total. The highest BCUT2D eigenvalue weighted by molar-refractivity contribution is 5.99. The summed E-state index contributed by atoms with van der Waals surface area (Å²) in [5.74, 6) is -4.53. The average molecular weight is 484 g/mol. The first kappa shape index (κ1) is 24.0. The van der Waals surface area contributed by atoms with Gasteiger partial charge in [0.1, 0.15) is 5.60 Å². The van der Waals surface area contributed by atoms with E-state index in [2.05, 4.69) is 15.5 Å². The second-order valence-electron chi connectivity index (χ2n) is 9.47. The number of hydrogen-bond acceptors (Lipinski definition) is 6. The number of alkyl halides is 4. The van der Waals surface area contributed by atoms with Crippen molar-refractivity contribution in [2.45, 2.75) is 76.6 Å². The molecule has 184 valence electrons. The second-order valence-corrected chi connectivity index (χ2v) is 9.47. The molecule has 2 atom stereocenters. The number of amides is 2. The topological polar surface area (TPSA) is 97.6 Å². The number of alkyl carbamates (subject to hydrolysis) is 1. The van der Waals surface area contributed by atoms with Gasteiger partial charge in [-0.25, -0.2) is 13.6 Å². The van der Waals surface area contributed by atoms with E-state index in [0.717, 1.165) is 0 Å². The van der Waals surface area contributed by atoms with Crippen LogP contribution in [-0.2, 0) is 11.3 Å². The molecule has 1 aliphatic heterocycles. The molecular weight excluding hydrogens is 460 g/mol. The van der Waals surface area contributed by atoms with Gasteiger partial charge >= 0.3 is 12.5 Å². The minimum atomic E-state index is -2.99. The first-order valence-corrected chi connectivity index (χ1v) is 10.8. The van der Waals surface area contributed by atoms with Gasteiger partial charge in [-0.1, -0.05) is 6.07 Å². The molecule has 1 N–H and O–H groups in total. The lowest BCUT2D eigenvalue weighted by atomic mass is 9.86. The Morgan fingerprint density at radius 1 is 1.29 bits per heavy atom. The standard InChI is InChI=1S/C22H24F4N4O4/c1-21(2,3)34-20(32)27-14-6-7-22(25,26)9-15(14)30-10-12-5-4-11(8-13(12)19(30)31)17-28-29-18(33-17)16(23)24/h4-5,8,14-16H,6-7,9-10H2,1-3H3,(H,27,32)/t14-,15-/m1/s1. The zero-order chi connectivity index (χ0) is 24.8. The van der Waals surface area contributed by atoms with Gasteiger partial charge in [0.05, 0.1) is 12.1 Å². The van der Waals surface area contributed by atoms with Crippen molar-refractivity contribution in [3.05, 3.63) is 35.2 Å². The third-order valence-electron chi connectivity index (χ3n) is 5.71. The van der Waals surface area contributed by atoms with E-state index < -0.39 is 60.8 Å². The second kappa shape index (κ2) is 8.55. The maximum Gasteiger partial charge on any atom is 0.407 e. The van der Waals surface area contributed by atoms with E-state index in [-0.39, 0.29) is 30.0 Å². The van der Waals surface area contributed by atoms with Crippen LogP contribution in [0.15, 0.2) is 22.6 Å². The Morgan fingerprint density at radius 3 is 2.68 bits per heavy atom. The molecule has 0 spiro atoms. The lowest BCUT2D eigenvalue weighted by molar-refractivity contribution is -0.0692. The Balaban J connectivity index is 1.57. The third kappa shape index (κ3) is 5.00. The van der Waals surface area contributed by atoms with E-state index >= 15 is 0 Å². The number of nitrogens with one attached hydrogen (secondary N) is 1. The largest absolute Gasteiger partial charge is 0.444 e. The van der Waals surface area contributed by atoms with Crippen LogP contribution in [0.1, 0.15) is 68.3 Å². The zero-order valence-corrected chi connectivity index (χ0v) is 18.8. The number of halogens is 4. The quantitative estimate of drug-likeness (QED) is 0.632. The smallest absolute Gasteiger partial charge is 0.407 e. The molecule has 1 fully saturated rings. The zero-order valence-electron chi connectivity index (χ0n) is 18.8. The molecule has 2 aliphatic rings. The Morgan fingerprint density at radius 2 is 2.03 bits per heavy atom. The van der Waals surface area contributed by atoms with Crippen LogP contribution in [-0.4, -0.2) is 50.7 Å². The van der Waals surface area contributed by atoms with Gasteiger partial charge in [-0.05, 0) is 44.9 Å². The highest BCUT2D eigenvalue weighted by atomic mass is 19.3. The molecule has 1 aliphatic carbocycles. The fourth-order valence-electron chi connectivity index (χ4n) is 4.23. The van der Waals surface area contributed by atoms with Crippen LogP contribution < -0.4 is 5.32 Å². The minimum absolute atomic E-state index is 0.0271. The number of rotatable bonds is 4. The van der Waals surface area contributed by atoms with E-state index in [1.54, 1.807) is 26.8 Å². The number of carbonyl (C=O) groups excluding carboxylic acids is 2. The number of ether oxygens (including phenoxy) is 1. The molecule has 1 aromatic heterocycles. The summed E-state index contributed by atoms with van der Waals surface area (Å²) in [5, 5.41) is 9.50. The lowest BCUT2D eigenvalue weighted by Gasteiger charge is -2.41. The molecule has 12 heteroatoms. The van der Waals surface area contributed by atoms with Gasteiger partial charge in [0.25, 0.3) is 11.8 Å². The van der Waals surface area contributed by atoms with E-state index in [4.69, 9.17) is 9.15 Å². The van der Waals surface area contributed by atoms with E-state index in [0.29, 0.717) is 5.56 Å². The van der Waals surface area contributed by atoms with Crippen LogP contribution in [0, 0.1) is 0 Å². The molecule has 4 rings (SSSR count). The number of nitrogens with zero attached hydrogens (tertiary/aromatic N) is 3. The SMILES string of the molecule is CC(C)(C)OC(=O)N[C@@H]1CCC(F)(F)C[C@H]1N1Cc2ccc(-c3nnc(C(F)F)o3)cc2C1=O. The van der Waals surface area contributed by atoms with Crippen molar-refractivity contribution in [1.82, 2.24) is 20.4 Å². The Labute approximate surface area is 192 Å². The third-order valence-corrected chi connectivity index (χ3v) is 5.71. The van der Waals surface area contributed by atoms with E-state index in [9.17, 15) is 27.2 Å². The number of benzene rings is 1. The predicted molar refractivity (Wildman–Crippen MR) is 110 cm³/mol. The fraction of sp³-hybridized carbons (Fsp3) is 0.545. The molecule has 2 amide bonds. The maximum absolute atomic E-state index is 14.3. The first-order valence-electron chi connectivity index (χ1n) is 10.8. The molecular formula is C22H24F4N4O4. The first-order chi connectivity index (χ1) is 15.8. The maximum atomic E-state index is 14.3. The molecule has 0 bridgehead atoms. The summed E-state index contributed by atoms with van der Waals surface area (Å²) in [6.45, 7) is 5.12. The van der Waals surface area contributed by atoms with Crippen LogP contribution in [0.3, 0.4) is 0 Å². The summed E-state index contributed by atoms with van der Waals surface area (Å²) >= 11 is 0. The van der Waals surface area contributed by atoms with Gasteiger partial charge in [0.15, 0.2) is 0 Å². The van der Waals surface area contributed by atoms with Crippen molar-refractivity contribution in [2.24, 2.45) is 0 Å². The lowest BCUT2D eigenvalue weighted by Crippen LogP contribution is -2.57. The van der Waals surface area contributed by atoms with Crippen LogP contribution in [0.2, 0.25) is 0 Å². The molecule has 1 aromatic carbocycles. The van der Waals surface area contributed by atoms with E-state index in [1.807, 2.05) is 0 Å². The van der Waals surface area contributed by atoms with Crippen LogP contribution in [0.5, 0.6) is 0 Å². The summed E-state index contributed by atoms with van der Waals surface area (Å²) in [5.41, 5.74) is 0.282. The summed E-state index contributed by atoms with van der Waals surface area (Å²) < 4.78 is 64.4. The van der Waals surface area contributed by atoms with Crippen molar-refractivity contribution < 1.29 is 36.3 Å². The van der Waals surface area contributed by atoms with Crippen molar-refractivity contribution in [2.75, 3.05) is 0 Å². The van der Waals surface area contributed by atoms with Crippen molar-refractivity contribution in [3.8, 4) is 11.5 Å². The molecule has 0 saturated heterocycles. The number of carbonyl (C=O) groups is 2. The summed E-state index contributed by atoms with van der Waals surface area (Å²) in [4.78, 5) is 26.8. The fourth-order valence-corrected chi connectivity index (χ4v) is 4.23. The monoisotopic (exact) mass is 484 g/mol. The van der Waals surface area contributed by atoms with Gasteiger partial charge in [-0.3, -0.25) is 4.79 Å². The summed E-state index contributed by atoms with van der Waals surface area (Å²) in [6, 6.07) is 2.85. The van der Waals surface area contributed by atoms with Crippen LogP contribution in [0.4, 0.5) is 22.4 Å². The van der Waals surface area contributed by atoms with Gasteiger partial charge in [0.2, 0.25) is 11.8 Å². The Bertz CT molecular complexity index is 1100. The van der Waals surface area contributed by atoms with Crippen molar-refractivity contribution in [1.29, 1.82) is 0 Å². The van der Waals surface area contributed by atoms with Crippen LogP contribution in [0.25, 0.3) is 11.5 Å². The van der Waals surface area contributed by atoms with Gasteiger partial charge < -0.3 is 19.4 Å². The number of fused-ring (bicyclic) bond motifs is 1. The molecule has 1 saturated carbocycles. The molecule has 2 aromatic rings. The Hall–Kier alpha value is -3.18. The molecule has 0 unspecified atom stereocenters. The number of aromatic nitrogens is 2. The Kier molecular flexibility index (Phi) is 6.03. The minimum Gasteiger partial charge on any atom is -0.444 e. The van der Waals surface area contributed by atoms with Crippen molar-refractivity contribution >= 4 is 12.0 Å². The van der Waals surface area contributed by atoms with Gasteiger partial charge in [-0.2, -0.15) is 8.78 Å². The highest BCUT2D eigenvalue weighted by Crippen LogP contribution is 2.39. The van der Waals surface area contributed by atoms with Gasteiger partial charge in [-0.15, -0.1) is 10.2 Å². The van der Waals surface area contributed by atoms with Crippen LogP contribution >= 0.6 is 0 Å². The van der Waals surface area contributed by atoms with Crippen molar-refractivity contribution in [3.63, 3.8) is 0 Å².